The lowest BCUT2D eigenvalue weighted by Gasteiger charge is -2.36. The number of nitrogens with zero attached hydrogens (tertiary/aromatic N) is 2. The van der Waals surface area contributed by atoms with Gasteiger partial charge in [-0.15, -0.1) is 0 Å². The van der Waals surface area contributed by atoms with Crippen molar-refractivity contribution in [2.45, 2.75) is 20.0 Å². The third-order valence-electron chi connectivity index (χ3n) is 5.07. The molecule has 0 radical (unpaired) electrons. The Morgan fingerprint density at radius 2 is 1.67 bits per heavy atom. The van der Waals surface area contributed by atoms with E-state index in [1.54, 1.807) is 0 Å². The second-order valence-electron chi connectivity index (χ2n) is 7.10. The molecule has 6 heteroatoms. The van der Waals surface area contributed by atoms with E-state index in [2.05, 4.69) is 58.4 Å². The van der Waals surface area contributed by atoms with Crippen molar-refractivity contribution < 1.29 is 9.47 Å². The quantitative estimate of drug-likeness (QED) is 0.819. The molecule has 5 nitrogen and oxygen atoms in total. The smallest absolute Gasteiger partial charge is 0.231 e. The summed E-state index contributed by atoms with van der Waals surface area (Å²) in [7, 11) is 0. The Hall–Kier alpha value is -2.31. The second kappa shape index (κ2) is 8.15. The van der Waals surface area contributed by atoms with Gasteiger partial charge in [-0.1, -0.05) is 35.9 Å². The zero-order chi connectivity index (χ0) is 18.6. The maximum absolute atomic E-state index is 5.59. The molecule has 2 aliphatic rings. The van der Waals surface area contributed by atoms with Crippen LogP contribution in [0.5, 0.6) is 11.5 Å². The number of benzene rings is 2. The summed E-state index contributed by atoms with van der Waals surface area (Å²) in [4.78, 5) is 4.72. The first-order chi connectivity index (χ1) is 13.2. The Kier molecular flexibility index (Phi) is 5.45. The summed E-state index contributed by atoms with van der Waals surface area (Å²) < 4.78 is 10.9. The van der Waals surface area contributed by atoms with E-state index in [-0.39, 0.29) is 0 Å². The average molecular weight is 384 g/mol. The molecule has 0 amide bonds. The largest absolute Gasteiger partial charge is 0.454 e. The van der Waals surface area contributed by atoms with E-state index >= 15 is 0 Å². The van der Waals surface area contributed by atoms with E-state index in [0.29, 0.717) is 6.79 Å². The second-order valence-corrected chi connectivity index (χ2v) is 7.48. The molecule has 2 aliphatic heterocycles. The first kappa shape index (κ1) is 18.1. The fraction of sp³-hybridized carbons (Fsp3) is 0.381. The molecule has 2 heterocycles. The first-order valence-electron chi connectivity index (χ1n) is 9.36. The normalized spacial score (nSPS) is 16.4. The van der Waals surface area contributed by atoms with Crippen LogP contribution in [0.2, 0.25) is 0 Å². The van der Waals surface area contributed by atoms with E-state index < -0.39 is 0 Å². The highest BCUT2D eigenvalue weighted by Crippen LogP contribution is 2.32. The molecular weight excluding hydrogens is 358 g/mol. The van der Waals surface area contributed by atoms with Crippen LogP contribution in [0.1, 0.15) is 16.7 Å². The van der Waals surface area contributed by atoms with Crippen molar-refractivity contribution in [1.82, 2.24) is 15.1 Å². The lowest BCUT2D eigenvalue weighted by molar-refractivity contribution is 0.172. The Bertz CT molecular complexity index is 802. The van der Waals surface area contributed by atoms with Crippen LogP contribution in [-0.2, 0) is 13.1 Å². The molecule has 0 saturated carbocycles. The fourth-order valence-corrected chi connectivity index (χ4v) is 3.66. The van der Waals surface area contributed by atoms with E-state index in [0.717, 1.165) is 55.9 Å². The number of thiocarbonyl (C=S) groups is 1. The topological polar surface area (TPSA) is 37.0 Å². The Balaban J connectivity index is 1.23. The van der Waals surface area contributed by atoms with Gasteiger partial charge in [-0.2, -0.15) is 0 Å². The van der Waals surface area contributed by atoms with Gasteiger partial charge in [0.25, 0.3) is 0 Å². The maximum Gasteiger partial charge on any atom is 0.231 e. The average Bonchev–Trinajstić information content (AvgIpc) is 3.16. The van der Waals surface area contributed by atoms with E-state index in [4.69, 9.17) is 21.7 Å². The molecule has 2 aromatic carbocycles. The third kappa shape index (κ3) is 4.51. The minimum atomic E-state index is 0.324. The number of fused-ring (bicyclic) bond motifs is 1. The van der Waals surface area contributed by atoms with Crippen LogP contribution in [0.4, 0.5) is 0 Å². The highest BCUT2D eigenvalue weighted by atomic mass is 32.1. The van der Waals surface area contributed by atoms with Crippen LogP contribution in [0.15, 0.2) is 42.5 Å². The van der Waals surface area contributed by atoms with Gasteiger partial charge >= 0.3 is 0 Å². The predicted molar refractivity (Wildman–Crippen MR) is 110 cm³/mol. The van der Waals surface area contributed by atoms with Crippen molar-refractivity contribution >= 4 is 17.3 Å². The molecule has 0 atom stereocenters. The fourth-order valence-electron chi connectivity index (χ4n) is 3.40. The molecule has 1 fully saturated rings. The molecule has 27 heavy (non-hydrogen) atoms. The minimum Gasteiger partial charge on any atom is -0.454 e. The zero-order valence-corrected chi connectivity index (χ0v) is 16.4. The third-order valence-corrected chi connectivity index (χ3v) is 5.47. The van der Waals surface area contributed by atoms with Crippen molar-refractivity contribution in [2.75, 3.05) is 33.0 Å². The molecule has 0 unspecified atom stereocenters. The number of hydrogen-bond acceptors (Lipinski definition) is 4. The molecule has 0 bridgehead atoms. The van der Waals surface area contributed by atoms with Crippen LogP contribution in [0, 0.1) is 6.92 Å². The minimum absolute atomic E-state index is 0.324. The molecular formula is C21H25N3O2S. The van der Waals surface area contributed by atoms with Crippen LogP contribution >= 0.6 is 12.2 Å². The highest BCUT2D eigenvalue weighted by molar-refractivity contribution is 7.80. The summed E-state index contributed by atoms with van der Waals surface area (Å²) >= 11 is 5.59. The Labute approximate surface area is 165 Å². The predicted octanol–water partition coefficient (Wildman–Crippen LogP) is 2.92. The molecule has 1 N–H and O–H groups in total. The molecule has 0 spiro atoms. The number of ether oxygens (including phenoxy) is 2. The SMILES string of the molecule is Cc1ccc(CNC(=S)N2CCN(Cc3ccc4c(c3)OCO4)CC2)cc1. The van der Waals surface area contributed by atoms with Gasteiger partial charge in [-0.25, -0.2) is 0 Å². The lowest BCUT2D eigenvalue weighted by Crippen LogP contribution is -2.51. The summed E-state index contributed by atoms with van der Waals surface area (Å²) in [6.07, 6.45) is 0. The van der Waals surface area contributed by atoms with Crippen LogP contribution in [0.3, 0.4) is 0 Å². The summed E-state index contributed by atoms with van der Waals surface area (Å²) in [6, 6.07) is 14.8. The Morgan fingerprint density at radius 3 is 2.44 bits per heavy atom. The van der Waals surface area contributed by atoms with E-state index in [9.17, 15) is 0 Å². The van der Waals surface area contributed by atoms with Gasteiger partial charge in [0, 0.05) is 39.3 Å². The first-order valence-corrected chi connectivity index (χ1v) is 9.77. The molecule has 0 aliphatic carbocycles. The summed E-state index contributed by atoms with van der Waals surface area (Å²) in [5, 5.41) is 4.23. The van der Waals surface area contributed by atoms with Crippen LogP contribution in [0.25, 0.3) is 0 Å². The van der Waals surface area contributed by atoms with E-state index in [1.165, 1.54) is 16.7 Å². The van der Waals surface area contributed by atoms with Crippen molar-refractivity contribution in [2.24, 2.45) is 0 Å². The standard InChI is InChI=1S/C21H25N3O2S/c1-16-2-4-17(5-3-16)13-22-21(27)24-10-8-23(9-11-24)14-18-6-7-19-20(12-18)26-15-25-19/h2-7,12H,8-11,13-15H2,1H3,(H,22,27). The van der Waals surface area contributed by atoms with Gasteiger partial charge in [0.2, 0.25) is 6.79 Å². The van der Waals surface area contributed by atoms with Gasteiger partial charge in [0.05, 0.1) is 0 Å². The van der Waals surface area contributed by atoms with Gasteiger partial charge in [-0.05, 0) is 42.4 Å². The number of rotatable bonds is 4. The van der Waals surface area contributed by atoms with Gasteiger partial charge in [-0.3, -0.25) is 4.90 Å². The molecule has 2 aromatic rings. The number of aryl methyl sites for hydroxylation is 1. The van der Waals surface area contributed by atoms with Crippen molar-refractivity contribution in [1.29, 1.82) is 0 Å². The molecule has 4 rings (SSSR count). The van der Waals surface area contributed by atoms with Crippen LogP contribution in [-0.4, -0.2) is 47.9 Å². The Morgan fingerprint density at radius 1 is 0.963 bits per heavy atom. The number of hydrogen-bond donors (Lipinski definition) is 1. The zero-order valence-electron chi connectivity index (χ0n) is 15.6. The van der Waals surface area contributed by atoms with Crippen molar-refractivity contribution in [3.8, 4) is 11.5 Å². The van der Waals surface area contributed by atoms with Crippen molar-refractivity contribution in [3.63, 3.8) is 0 Å². The van der Waals surface area contributed by atoms with Gasteiger partial charge < -0.3 is 19.7 Å². The summed E-state index contributed by atoms with van der Waals surface area (Å²) in [6.45, 7) is 8.02. The number of piperazine rings is 1. The van der Waals surface area contributed by atoms with Crippen molar-refractivity contribution in [3.05, 3.63) is 59.2 Å². The lowest BCUT2D eigenvalue weighted by atomic mass is 10.1. The molecule has 0 aromatic heterocycles. The van der Waals surface area contributed by atoms with Gasteiger partial charge in [0.1, 0.15) is 0 Å². The van der Waals surface area contributed by atoms with Gasteiger partial charge in [0.15, 0.2) is 16.6 Å². The van der Waals surface area contributed by atoms with E-state index in [1.807, 2.05) is 6.07 Å². The molecule has 1 saturated heterocycles. The monoisotopic (exact) mass is 383 g/mol. The highest BCUT2D eigenvalue weighted by Gasteiger charge is 2.20. The summed E-state index contributed by atoms with van der Waals surface area (Å²) in [5.41, 5.74) is 3.79. The number of nitrogens with one attached hydrogen (secondary N) is 1. The van der Waals surface area contributed by atoms with Crippen LogP contribution < -0.4 is 14.8 Å². The molecule has 142 valence electrons. The summed E-state index contributed by atoms with van der Waals surface area (Å²) in [5.74, 6) is 1.70. The maximum atomic E-state index is 5.59.